The number of amides is 2. The molecule has 10 heteroatoms. The molecule has 0 spiro atoms. The van der Waals surface area contributed by atoms with Crippen LogP contribution in [-0.4, -0.2) is 43.7 Å². The molecule has 2 aliphatic rings. The lowest BCUT2D eigenvalue weighted by molar-refractivity contribution is -0.119. The molecule has 0 aromatic heterocycles. The molecular formula is C20H20ClN3O5S. The lowest BCUT2D eigenvalue weighted by Gasteiger charge is -2.24. The van der Waals surface area contributed by atoms with Gasteiger partial charge in [-0.1, -0.05) is 17.7 Å². The Morgan fingerprint density at radius 2 is 2.07 bits per heavy atom. The van der Waals surface area contributed by atoms with Gasteiger partial charge in [-0.15, -0.1) is 0 Å². The van der Waals surface area contributed by atoms with Crippen molar-refractivity contribution in [3.05, 3.63) is 47.0 Å². The van der Waals surface area contributed by atoms with Gasteiger partial charge >= 0.3 is 0 Å². The second-order valence-corrected chi connectivity index (χ2v) is 9.52. The van der Waals surface area contributed by atoms with Gasteiger partial charge in [0.25, 0.3) is 5.91 Å². The quantitative estimate of drug-likeness (QED) is 0.746. The van der Waals surface area contributed by atoms with Gasteiger partial charge < -0.3 is 15.4 Å². The van der Waals surface area contributed by atoms with Gasteiger partial charge in [0.2, 0.25) is 15.9 Å². The molecule has 0 saturated carbocycles. The van der Waals surface area contributed by atoms with E-state index in [2.05, 4.69) is 10.6 Å². The minimum absolute atomic E-state index is 0.00914. The van der Waals surface area contributed by atoms with Gasteiger partial charge in [0.1, 0.15) is 11.8 Å². The minimum atomic E-state index is -3.95. The number of anilines is 2. The molecule has 30 heavy (non-hydrogen) atoms. The molecule has 0 bridgehead atoms. The normalized spacial score (nSPS) is 19.0. The first-order chi connectivity index (χ1) is 14.3. The summed E-state index contributed by atoms with van der Waals surface area (Å²) in [5.41, 5.74) is 1.68. The van der Waals surface area contributed by atoms with Crippen molar-refractivity contribution in [3.8, 4) is 5.75 Å². The maximum Gasteiger partial charge on any atom is 0.262 e. The topological polar surface area (TPSA) is 105 Å². The number of sulfonamides is 1. The smallest absolute Gasteiger partial charge is 0.262 e. The summed E-state index contributed by atoms with van der Waals surface area (Å²) in [5.74, 6) is -0.363. The molecular weight excluding hydrogens is 430 g/mol. The molecule has 8 nitrogen and oxygen atoms in total. The van der Waals surface area contributed by atoms with Crippen LogP contribution >= 0.6 is 11.6 Å². The van der Waals surface area contributed by atoms with Gasteiger partial charge in [0.05, 0.1) is 10.6 Å². The lowest BCUT2D eigenvalue weighted by Crippen LogP contribution is -2.43. The third-order valence-corrected chi connectivity index (χ3v) is 7.45. The van der Waals surface area contributed by atoms with Crippen LogP contribution in [-0.2, 0) is 19.6 Å². The Hall–Kier alpha value is -2.62. The lowest BCUT2D eigenvalue weighted by atomic mass is 10.2. The number of rotatable bonds is 4. The van der Waals surface area contributed by atoms with E-state index in [-0.39, 0.29) is 24.0 Å². The molecule has 0 unspecified atom stereocenters. The summed E-state index contributed by atoms with van der Waals surface area (Å²) in [4.78, 5) is 24.4. The molecule has 158 valence electrons. The van der Waals surface area contributed by atoms with Crippen LogP contribution in [0.15, 0.2) is 41.3 Å². The van der Waals surface area contributed by atoms with Crippen molar-refractivity contribution in [2.24, 2.45) is 0 Å². The highest BCUT2D eigenvalue weighted by molar-refractivity contribution is 7.89. The summed E-state index contributed by atoms with van der Waals surface area (Å²) in [6, 6.07) is 8.57. The third kappa shape index (κ3) is 3.88. The van der Waals surface area contributed by atoms with E-state index in [1.54, 1.807) is 18.2 Å². The van der Waals surface area contributed by atoms with E-state index >= 15 is 0 Å². The Labute approximate surface area is 179 Å². The highest BCUT2D eigenvalue weighted by atomic mass is 35.5. The number of halogens is 1. The van der Waals surface area contributed by atoms with Gasteiger partial charge in [-0.2, -0.15) is 4.31 Å². The predicted molar refractivity (Wildman–Crippen MR) is 112 cm³/mol. The van der Waals surface area contributed by atoms with E-state index in [4.69, 9.17) is 16.3 Å². The zero-order chi connectivity index (χ0) is 21.5. The van der Waals surface area contributed by atoms with Crippen LogP contribution in [0.2, 0.25) is 5.02 Å². The van der Waals surface area contributed by atoms with Crippen molar-refractivity contribution < 1.29 is 22.7 Å². The van der Waals surface area contributed by atoms with Gasteiger partial charge in [-0.25, -0.2) is 8.42 Å². The molecule has 2 heterocycles. The first-order valence-corrected chi connectivity index (χ1v) is 11.2. The maximum absolute atomic E-state index is 13.2. The van der Waals surface area contributed by atoms with E-state index < -0.39 is 22.0 Å². The molecule has 2 aliphatic heterocycles. The van der Waals surface area contributed by atoms with E-state index in [0.717, 1.165) is 5.56 Å². The standard InChI is InChI=1S/C20H20ClN3O5S/c1-12-4-5-13(9-15(12)21)22-20(26)17-3-2-8-24(17)30(27,28)14-6-7-18-16(10-14)23-19(25)11-29-18/h4-7,9-10,17H,2-3,8,11H2,1H3,(H,22,26)(H,23,25)/t17-/m0/s1. The van der Waals surface area contributed by atoms with Crippen LogP contribution in [0.25, 0.3) is 0 Å². The molecule has 2 amide bonds. The van der Waals surface area contributed by atoms with Crippen LogP contribution in [0.5, 0.6) is 5.75 Å². The fourth-order valence-electron chi connectivity index (χ4n) is 3.54. The van der Waals surface area contributed by atoms with Crippen molar-refractivity contribution in [2.45, 2.75) is 30.7 Å². The zero-order valence-electron chi connectivity index (χ0n) is 16.1. The highest BCUT2D eigenvalue weighted by Gasteiger charge is 2.40. The highest BCUT2D eigenvalue weighted by Crippen LogP contribution is 2.33. The Balaban J connectivity index is 1.57. The Morgan fingerprint density at radius 1 is 1.27 bits per heavy atom. The maximum atomic E-state index is 13.2. The number of hydrogen-bond acceptors (Lipinski definition) is 5. The van der Waals surface area contributed by atoms with Gasteiger partial charge in [0, 0.05) is 17.3 Å². The first-order valence-electron chi connectivity index (χ1n) is 9.41. The molecule has 2 aromatic carbocycles. The number of carbonyl (C=O) groups is 2. The van der Waals surface area contributed by atoms with Crippen molar-refractivity contribution in [2.75, 3.05) is 23.8 Å². The van der Waals surface area contributed by atoms with Crippen LogP contribution in [0.4, 0.5) is 11.4 Å². The van der Waals surface area contributed by atoms with Gasteiger partial charge in [-0.05, 0) is 55.7 Å². The van der Waals surface area contributed by atoms with Crippen molar-refractivity contribution >= 4 is 44.8 Å². The van der Waals surface area contributed by atoms with Crippen molar-refractivity contribution in [3.63, 3.8) is 0 Å². The van der Waals surface area contributed by atoms with E-state index in [0.29, 0.717) is 35.0 Å². The average Bonchev–Trinajstić information content (AvgIpc) is 3.21. The fraction of sp³-hybridized carbons (Fsp3) is 0.300. The third-order valence-electron chi connectivity index (χ3n) is 5.14. The van der Waals surface area contributed by atoms with Gasteiger partial charge in [-0.3, -0.25) is 9.59 Å². The number of hydrogen-bond donors (Lipinski definition) is 2. The molecule has 2 aromatic rings. The first kappa shape index (κ1) is 20.6. The Bertz CT molecular complexity index is 1140. The van der Waals surface area contributed by atoms with Crippen LogP contribution in [0.3, 0.4) is 0 Å². The van der Waals surface area contributed by atoms with E-state index in [1.165, 1.54) is 22.5 Å². The SMILES string of the molecule is Cc1ccc(NC(=O)[C@@H]2CCCN2S(=O)(=O)c2ccc3c(c2)NC(=O)CO3)cc1Cl. The summed E-state index contributed by atoms with van der Waals surface area (Å²) in [6.07, 6.45) is 0.978. The molecule has 1 saturated heterocycles. The predicted octanol–water partition coefficient (Wildman–Crippen LogP) is 2.77. The van der Waals surface area contributed by atoms with Crippen LogP contribution in [0.1, 0.15) is 18.4 Å². The molecule has 2 N–H and O–H groups in total. The molecule has 0 aliphatic carbocycles. The van der Waals surface area contributed by atoms with E-state index in [9.17, 15) is 18.0 Å². The monoisotopic (exact) mass is 449 g/mol. The number of nitrogens with zero attached hydrogens (tertiary/aromatic N) is 1. The largest absolute Gasteiger partial charge is 0.482 e. The average molecular weight is 450 g/mol. The minimum Gasteiger partial charge on any atom is -0.482 e. The van der Waals surface area contributed by atoms with E-state index in [1.807, 2.05) is 6.92 Å². The van der Waals surface area contributed by atoms with Crippen molar-refractivity contribution in [1.29, 1.82) is 0 Å². The summed E-state index contributed by atoms with van der Waals surface area (Å²) in [7, 11) is -3.95. The number of carbonyl (C=O) groups excluding carboxylic acids is 2. The fourth-order valence-corrected chi connectivity index (χ4v) is 5.41. The number of nitrogens with one attached hydrogen (secondary N) is 2. The molecule has 0 radical (unpaired) electrons. The summed E-state index contributed by atoms with van der Waals surface area (Å²) >= 11 is 6.11. The number of ether oxygens (including phenoxy) is 1. The molecule has 1 atom stereocenters. The Morgan fingerprint density at radius 3 is 2.83 bits per heavy atom. The van der Waals surface area contributed by atoms with Crippen LogP contribution < -0.4 is 15.4 Å². The second kappa shape index (κ2) is 7.90. The number of fused-ring (bicyclic) bond motifs is 1. The number of aryl methyl sites for hydroxylation is 1. The summed E-state index contributed by atoms with van der Waals surface area (Å²) in [6.45, 7) is 1.97. The second-order valence-electron chi connectivity index (χ2n) is 7.22. The molecule has 1 fully saturated rings. The van der Waals surface area contributed by atoms with Gasteiger partial charge in [0.15, 0.2) is 6.61 Å². The Kier molecular flexibility index (Phi) is 5.44. The van der Waals surface area contributed by atoms with Crippen LogP contribution in [0, 0.1) is 6.92 Å². The summed E-state index contributed by atoms with van der Waals surface area (Å²) < 4.78 is 33.0. The van der Waals surface area contributed by atoms with Crippen molar-refractivity contribution in [1.82, 2.24) is 4.31 Å². The summed E-state index contributed by atoms with van der Waals surface area (Å²) in [5, 5.41) is 5.87. The number of benzene rings is 2. The zero-order valence-corrected chi connectivity index (χ0v) is 17.7. The molecule has 4 rings (SSSR count).